The van der Waals surface area contributed by atoms with Crippen LogP contribution in [0.2, 0.25) is 5.02 Å². The average molecular weight is 303 g/mol. The van der Waals surface area contributed by atoms with Gasteiger partial charge in [-0.3, -0.25) is 4.79 Å². The van der Waals surface area contributed by atoms with E-state index in [4.69, 9.17) is 17.3 Å². The maximum Gasteiger partial charge on any atom is 0.254 e. The number of benzene rings is 2. The van der Waals surface area contributed by atoms with E-state index in [1.54, 1.807) is 17.0 Å². The van der Waals surface area contributed by atoms with Gasteiger partial charge < -0.3 is 10.6 Å². The minimum absolute atomic E-state index is 0.0498. The largest absolute Gasteiger partial charge is 0.333 e. The highest BCUT2D eigenvalue weighted by atomic mass is 35.5. The number of amides is 1. The molecule has 0 aromatic heterocycles. The van der Waals surface area contributed by atoms with Crippen LogP contribution in [-0.2, 0) is 6.54 Å². The van der Waals surface area contributed by atoms with Gasteiger partial charge in [0.25, 0.3) is 5.91 Å². The summed E-state index contributed by atoms with van der Waals surface area (Å²) in [4.78, 5) is 14.4. The Kier molecular flexibility index (Phi) is 5.37. The van der Waals surface area contributed by atoms with Crippen molar-refractivity contribution in [2.75, 3.05) is 13.1 Å². The Morgan fingerprint density at radius 2 is 1.90 bits per heavy atom. The molecule has 0 radical (unpaired) electrons. The Morgan fingerprint density at radius 3 is 2.52 bits per heavy atom. The highest BCUT2D eigenvalue weighted by Gasteiger charge is 2.16. The fourth-order valence-electron chi connectivity index (χ4n) is 2.12. The molecule has 0 spiro atoms. The van der Waals surface area contributed by atoms with Crippen molar-refractivity contribution in [1.29, 1.82) is 0 Å². The number of rotatable bonds is 5. The summed E-state index contributed by atoms with van der Waals surface area (Å²) in [6, 6.07) is 15.3. The zero-order chi connectivity index (χ0) is 15.2. The van der Waals surface area contributed by atoms with Crippen molar-refractivity contribution in [2.24, 2.45) is 5.73 Å². The van der Waals surface area contributed by atoms with Gasteiger partial charge in [-0.05, 0) is 30.2 Å². The van der Waals surface area contributed by atoms with Crippen molar-refractivity contribution in [3.63, 3.8) is 0 Å². The van der Waals surface area contributed by atoms with Crippen molar-refractivity contribution in [2.45, 2.75) is 13.5 Å². The summed E-state index contributed by atoms with van der Waals surface area (Å²) < 4.78 is 0. The van der Waals surface area contributed by atoms with Crippen LogP contribution >= 0.6 is 11.6 Å². The van der Waals surface area contributed by atoms with E-state index in [-0.39, 0.29) is 5.91 Å². The van der Waals surface area contributed by atoms with Gasteiger partial charge in [0.1, 0.15) is 0 Å². The molecule has 0 unspecified atom stereocenters. The Hall–Kier alpha value is -1.84. The predicted octanol–water partition coefficient (Wildman–Crippen LogP) is 3.25. The number of nitrogens with two attached hydrogens (primary N) is 1. The van der Waals surface area contributed by atoms with E-state index in [2.05, 4.69) is 0 Å². The lowest BCUT2D eigenvalue weighted by Gasteiger charge is -2.22. The van der Waals surface area contributed by atoms with Crippen LogP contribution in [0.1, 0.15) is 21.5 Å². The fourth-order valence-corrected chi connectivity index (χ4v) is 2.30. The standard InChI is InChI=1S/C17H19ClN2O/c1-13-7-8-15(11-16(13)18)17(21)20(10-9-19)12-14-5-3-2-4-6-14/h2-8,11H,9-10,12,19H2,1H3. The summed E-state index contributed by atoms with van der Waals surface area (Å²) in [5.41, 5.74) is 8.27. The maximum absolute atomic E-state index is 12.6. The molecule has 2 aromatic carbocycles. The van der Waals surface area contributed by atoms with Gasteiger partial charge in [-0.1, -0.05) is 48.0 Å². The summed E-state index contributed by atoms with van der Waals surface area (Å²) in [5, 5.41) is 0.605. The molecule has 0 heterocycles. The first kappa shape index (κ1) is 15.5. The molecule has 0 aliphatic rings. The molecule has 1 amide bonds. The molecule has 0 saturated carbocycles. The van der Waals surface area contributed by atoms with E-state index in [0.717, 1.165) is 11.1 Å². The van der Waals surface area contributed by atoms with Gasteiger partial charge in [0.05, 0.1) is 0 Å². The van der Waals surface area contributed by atoms with Gasteiger partial charge in [-0.25, -0.2) is 0 Å². The summed E-state index contributed by atoms with van der Waals surface area (Å²) in [5.74, 6) is -0.0498. The Bertz CT molecular complexity index is 613. The van der Waals surface area contributed by atoms with Crippen LogP contribution in [0.25, 0.3) is 0 Å². The van der Waals surface area contributed by atoms with E-state index in [1.165, 1.54) is 0 Å². The van der Waals surface area contributed by atoms with Crippen LogP contribution < -0.4 is 5.73 Å². The maximum atomic E-state index is 12.6. The molecule has 4 heteroatoms. The second kappa shape index (κ2) is 7.25. The Balaban J connectivity index is 2.20. The molecule has 110 valence electrons. The van der Waals surface area contributed by atoms with Crippen LogP contribution in [0.3, 0.4) is 0 Å². The molecule has 2 N–H and O–H groups in total. The van der Waals surface area contributed by atoms with Gasteiger partial charge in [0.2, 0.25) is 0 Å². The molecule has 3 nitrogen and oxygen atoms in total. The summed E-state index contributed by atoms with van der Waals surface area (Å²) in [7, 11) is 0. The third-order valence-corrected chi connectivity index (χ3v) is 3.73. The van der Waals surface area contributed by atoms with E-state index in [0.29, 0.717) is 30.2 Å². The SMILES string of the molecule is Cc1ccc(C(=O)N(CCN)Cc2ccccc2)cc1Cl. The predicted molar refractivity (Wildman–Crippen MR) is 86.4 cm³/mol. The van der Waals surface area contributed by atoms with E-state index < -0.39 is 0 Å². The third kappa shape index (κ3) is 4.06. The summed E-state index contributed by atoms with van der Waals surface area (Å²) >= 11 is 6.10. The minimum atomic E-state index is -0.0498. The smallest absolute Gasteiger partial charge is 0.254 e. The Labute approximate surface area is 130 Å². The lowest BCUT2D eigenvalue weighted by Crippen LogP contribution is -2.34. The lowest BCUT2D eigenvalue weighted by atomic mass is 10.1. The molecule has 0 atom stereocenters. The highest BCUT2D eigenvalue weighted by Crippen LogP contribution is 2.18. The topological polar surface area (TPSA) is 46.3 Å². The molecule has 2 aromatic rings. The number of hydrogen-bond donors (Lipinski definition) is 1. The summed E-state index contributed by atoms with van der Waals surface area (Å²) in [6.07, 6.45) is 0. The molecule has 0 fully saturated rings. The molecule has 0 saturated heterocycles. The zero-order valence-corrected chi connectivity index (χ0v) is 12.8. The molecule has 21 heavy (non-hydrogen) atoms. The van der Waals surface area contributed by atoms with Crippen molar-refractivity contribution < 1.29 is 4.79 Å². The van der Waals surface area contributed by atoms with Crippen molar-refractivity contribution >= 4 is 17.5 Å². The van der Waals surface area contributed by atoms with Crippen molar-refractivity contribution in [1.82, 2.24) is 4.90 Å². The first-order valence-corrected chi connectivity index (χ1v) is 7.29. The van der Waals surface area contributed by atoms with Gasteiger partial charge in [-0.2, -0.15) is 0 Å². The molecular weight excluding hydrogens is 284 g/mol. The third-order valence-electron chi connectivity index (χ3n) is 3.32. The fraction of sp³-hybridized carbons (Fsp3) is 0.235. The normalized spacial score (nSPS) is 10.4. The number of hydrogen-bond acceptors (Lipinski definition) is 2. The second-order valence-corrected chi connectivity index (χ2v) is 5.37. The quantitative estimate of drug-likeness (QED) is 0.921. The Morgan fingerprint density at radius 1 is 1.19 bits per heavy atom. The summed E-state index contributed by atoms with van der Waals surface area (Å²) in [6.45, 7) is 3.40. The monoisotopic (exact) mass is 302 g/mol. The van der Waals surface area contributed by atoms with Gasteiger partial charge in [0.15, 0.2) is 0 Å². The van der Waals surface area contributed by atoms with Crippen molar-refractivity contribution in [3.8, 4) is 0 Å². The molecule has 0 aliphatic heterocycles. The molecule has 0 aliphatic carbocycles. The number of carbonyl (C=O) groups is 1. The van der Waals surface area contributed by atoms with Gasteiger partial charge >= 0.3 is 0 Å². The minimum Gasteiger partial charge on any atom is -0.333 e. The zero-order valence-electron chi connectivity index (χ0n) is 12.1. The van der Waals surface area contributed by atoms with E-state index in [1.807, 2.05) is 43.3 Å². The van der Waals surface area contributed by atoms with E-state index >= 15 is 0 Å². The first-order chi connectivity index (χ1) is 10.1. The second-order valence-electron chi connectivity index (χ2n) is 4.96. The van der Waals surface area contributed by atoms with Crippen LogP contribution in [-0.4, -0.2) is 23.9 Å². The number of aryl methyl sites for hydroxylation is 1. The number of carbonyl (C=O) groups excluding carboxylic acids is 1. The van der Waals surface area contributed by atoms with Gasteiger partial charge in [0, 0.05) is 30.2 Å². The molecular formula is C17H19ClN2O. The van der Waals surface area contributed by atoms with Crippen LogP contribution in [0, 0.1) is 6.92 Å². The molecule has 0 bridgehead atoms. The highest BCUT2D eigenvalue weighted by molar-refractivity contribution is 6.31. The number of halogens is 1. The average Bonchev–Trinajstić information content (AvgIpc) is 2.50. The first-order valence-electron chi connectivity index (χ1n) is 6.91. The lowest BCUT2D eigenvalue weighted by molar-refractivity contribution is 0.0748. The van der Waals surface area contributed by atoms with E-state index in [9.17, 15) is 4.79 Å². The van der Waals surface area contributed by atoms with Crippen LogP contribution in [0.4, 0.5) is 0 Å². The van der Waals surface area contributed by atoms with Gasteiger partial charge in [-0.15, -0.1) is 0 Å². The van der Waals surface area contributed by atoms with Crippen LogP contribution in [0.5, 0.6) is 0 Å². The number of nitrogens with zero attached hydrogens (tertiary/aromatic N) is 1. The molecule has 2 rings (SSSR count). The van der Waals surface area contributed by atoms with Crippen molar-refractivity contribution in [3.05, 3.63) is 70.2 Å². The van der Waals surface area contributed by atoms with Crippen LogP contribution in [0.15, 0.2) is 48.5 Å².